The van der Waals surface area contributed by atoms with Crippen molar-refractivity contribution in [1.29, 1.82) is 0 Å². The summed E-state index contributed by atoms with van der Waals surface area (Å²) in [4.78, 5) is 16.0. The number of rotatable bonds is 4. The fourth-order valence-corrected chi connectivity index (χ4v) is 1.76. The van der Waals surface area contributed by atoms with Gasteiger partial charge in [0.25, 0.3) is 0 Å². The molecule has 2 aromatic rings. The van der Waals surface area contributed by atoms with Crippen molar-refractivity contribution in [3.05, 3.63) is 64.3 Å². The van der Waals surface area contributed by atoms with Crippen LogP contribution in [-0.4, -0.2) is 17.9 Å². The second kappa shape index (κ2) is 6.29. The number of methoxy groups -OCH3 is 1. The molecule has 2 rings (SSSR count). The van der Waals surface area contributed by atoms with Crippen molar-refractivity contribution in [3.8, 4) is 5.88 Å². The normalized spacial score (nSPS) is 10.6. The number of halogens is 1. The Bertz CT molecular complexity index is 589. The van der Waals surface area contributed by atoms with Gasteiger partial charge in [-0.25, -0.2) is 4.98 Å². The highest BCUT2D eigenvalue weighted by molar-refractivity contribution is 9.10. The minimum absolute atomic E-state index is 0.0386. The quantitative estimate of drug-likeness (QED) is 0.637. The Morgan fingerprint density at radius 3 is 2.53 bits per heavy atom. The average molecular weight is 318 g/mol. The van der Waals surface area contributed by atoms with E-state index in [1.165, 1.54) is 6.08 Å². The van der Waals surface area contributed by atoms with E-state index in [1.807, 2.05) is 18.2 Å². The Morgan fingerprint density at radius 1 is 1.21 bits per heavy atom. The number of carbonyl (C=O) groups excluding carboxylic acids is 1. The summed E-state index contributed by atoms with van der Waals surface area (Å²) in [6.07, 6.45) is 4.92. The number of allylic oxidation sites excluding steroid dienone is 1. The molecule has 1 aromatic carbocycles. The van der Waals surface area contributed by atoms with Crippen molar-refractivity contribution in [2.24, 2.45) is 0 Å². The first-order chi connectivity index (χ1) is 9.19. The summed E-state index contributed by atoms with van der Waals surface area (Å²) < 4.78 is 5.92. The van der Waals surface area contributed by atoms with E-state index in [0.29, 0.717) is 11.4 Å². The van der Waals surface area contributed by atoms with Crippen LogP contribution in [0.4, 0.5) is 0 Å². The lowest BCUT2D eigenvalue weighted by Crippen LogP contribution is -1.93. The first kappa shape index (κ1) is 13.5. The van der Waals surface area contributed by atoms with Crippen LogP contribution in [0.1, 0.15) is 15.9 Å². The van der Waals surface area contributed by atoms with Gasteiger partial charge in [-0.1, -0.05) is 15.9 Å². The Hall–Kier alpha value is -1.94. The molecule has 0 unspecified atom stereocenters. The number of ether oxygens (including phenoxy) is 1. The van der Waals surface area contributed by atoms with Crippen LogP contribution in [-0.2, 0) is 0 Å². The standard InChI is InChI=1S/C15H12BrNO2/c1-19-15-9-3-11(10-17-15)2-8-14(18)12-4-6-13(16)7-5-12/h2-10H,1H3/b8-2+. The third-order valence-electron chi connectivity index (χ3n) is 2.52. The van der Waals surface area contributed by atoms with Gasteiger partial charge in [-0.05, 0) is 48.0 Å². The van der Waals surface area contributed by atoms with Crippen LogP contribution < -0.4 is 4.74 Å². The molecule has 0 saturated carbocycles. The van der Waals surface area contributed by atoms with Crippen molar-refractivity contribution in [3.63, 3.8) is 0 Å². The van der Waals surface area contributed by atoms with Crippen LogP contribution in [0, 0.1) is 0 Å². The van der Waals surface area contributed by atoms with Gasteiger partial charge in [0.2, 0.25) is 5.88 Å². The maximum absolute atomic E-state index is 11.9. The third-order valence-corrected chi connectivity index (χ3v) is 3.05. The van der Waals surface area contributed by atoms with E-state index in [0.717, 1.165) is 10.0 Å². The topological polar surface area (TPSA) is 39.2 Å². The number of aromatic nitrogens is 1. The van der Waals surface area contributed by atoms with Gasteiger partial charge in [0.1, 0.15) is 0 Å². The summed E-state index contributed by atoms with van der Waals surface area (Å²) in [6.45, 7) is 0. The highest BCUT2D eigenvalue weighted by Gasteiger charge is 2.01. The molecule has 0 amide bonds. The first-order valence-corrected chi connectivity index (χ1v) is 6.46. The molecule has 0 aliphatic carbocycles. The molecule has 1 aromatic heterocycles. The molecule has 4 heteroatoms. The Labute approximate surface area is 120 Å². The molecule has 0 fully saturated rings. The molecule has 0 aliphatic heterocycles. The lowest BCUT2D eigenvalue weighted by Gasteiger charge is -1.98. The average Bonchev–Trinajstić information content (AvgIpc) is 2.46. The van der Waals surface area contributed by atoms with Gasteiger partial charge in [-0.15, -0.1) is 0 Å². The number of hydrogen-bond donors (Lipinski definition) is 0. The van der Waals surface area contributed by atoms with E-state index >= 15 is 0 Å². The van der Waals surface area contributed by atoms with Gasteiger partial charge in [-0.2, -0.15) is 0 Å². The largest absolute Gasteiger partial charge is 0.481 e. The highest BCUT2D eigenvalue weighted by atomic mass is 79.9. The molecule has 0 radical (unpaired) electrons. The van der Waals surface area contributed by atoms with Gasteiger partial charge in [0.15, 0.2) is 5.78 Å². The van der Waals surface area contributed by atoms with Gasteiger partial charge < -0.3 is 4.74 Å². The van der Waals surface area contributed by atoms with Gasteiger partial charge in [0, 0.05) is 22.3 Å². The summed E-state index contributed by atoms with van der Waals surface area (Å²) in [5, 5.41) is 0. The number of pyridine rings is 1. The summed E-state index contributed by atoms with van der Waals surface area (Å²) in [7, 11) is 1.56. The molecular weight excluding hydrogens is 306 g/mol. The van der Waals surface area contributed by atoms with E-state index < -0.39 is 0 Å². The molecule has 0 atom stereocenters. The molecular formula is C15H12BrNO2. The van der Waals surface area contributed by atoms with Crippen molar-refractivity contribution >= 4 is 27.8 Å². The minimum atomic E-state index is -0.0386. The Balaban J connectivity index is 2.08. The van der Waals surface area contributed by atoms with E-state index in [-0.39, 0.29) is 5.78 Å². The van der Waals surface area contributed by atoms with E-state index in [2.05, 4.69) is 20.9 Å². The van der Waals surface area contributed by atoms with Gasteiger partial charge in [-0.3, -0.25) is 4.79 Å². The molecule has 96 valence electrons. The maximum atomic E-state index is 11.9. The van der Waals surface area contributed by atoms with Crippen LogP contribution in [0.5, 0.6) is 5.88 Å². The van der Waals surface area contributed by atoms with Crippen LogP contribution >= 0.6 is 15.9 Å². The van der Waals surface area contributed by atoms with Crippen LogP contribution in [0.25, 0.3) is 6.08 Å². The lowest BCUT2D eigenvalue weighted by molar-refractivity contribution is 0.104. The van der Waals surface area contributed by atoms with Crippen LogP contribution in [0.2, 0.25) is 0 Å². The SMILES string of the molecule is COc1ccc(/C=C/C(=O)c2ccc(Br)cc2)cn1. The highest BCUT2D eigenvalue weighted by Crippen LogP contribution is 2.12. The predicted molar refractivity (Wildman–Crippen MR) is 78.3 cm³/mol. The second-order valence-corrected chi connectivity index (χ2v) is 4.75. The molecule has 0 saturated heterocycles. The fourth-order valence-electron chi connectivity index (χ4n) is 1.49. The van der Waals surface area contributed by atoms with E-state index in [9.17, 15) is 4.79 Å². The smallest absolute Gasteiger partial charge is 0.212 e. The zero-order valence-electron chi connectivity index (χ0n) is 10.3. The molecule has 3 nitrogen and oxygen atoms in total. The zero-order valence-corrected chi connectivity index (χ0v) is 11.9. The molecule has 1 heterocycles. The summed E-state index contributed by atoms with van der Waals surface area (Å²) in [5.41, 5.74) is 1.51. The van der Waals surface area contributed by atoms with Crippen LogP contribution in [0.15, 0.2) is 53.1 Å². The van der Waals surface area contributed by atoms with Crippen molar-refractivity contribution in [2.75, 3.05) is 7.11 Å². The van der Waals surface area contributed by atoms with Crippen molar-refractivity contribution < 1.29 is 9.53 Å². The van der Waals surface area contributed by atoms with Crippen molar-refractivity contribution in [1.82, 2.24) is 4.98 Å². The summed E-state index contributed by atoms with van der Waals surface area (Å²) in [5.74, 6) is 0.514. The van der Waals surface area contributed by atoms with E-state index in [1.54, 1.807) is 37.6 Å². The second-order valence-electron chi connectivity index (χ2n) is 3.84. The fraction of sp³-hybridized carbons (Fsp3) is 0.0667. The number of hydrogen-bond acceptors (Lipinski definition) is 3. The van der Waals surface area contributed by atoms with Gasteiger partial charge in [0.05, 0.1) is 7.11 Å². The maximum Gasteiger partial charge on any atom is 0.212 e. The number of ketones is 1. The number of benzene rings is 1. The van der Waals surface area contributed by atoms with Crippen molar-refractivity contribution in [2.45, 2.75) is 0 Å². The summed E-state index contributed by atoms with van der Waals surface area (Å²) in [6, 6.07) is 10.8. The monoisotopic (exact) mass is 317 g/mol. The minimum Gasteiger partial charge on any atom is -0.481 e. The first-order valence-electron chi connectivity index (χ1n) is 5.67. The zero-order chi connectivity index (χ0) is 13.7. The molecule has 0 bridgehead atoms. The molecule has 0 N–H and O–H groups in total. The number of nitrogens with zero attached hydrogens (tertiary/aromatic N) is 1. The lowest BCUT2D eigenvalue weighted by atomic mass is 10.1. The Kier molecular flexibility index (Phi) is 4.47. The molecule has 0 aliphatic rings. The predicted octanol–water partition coefficient (Wildman–Crippen LogP) is 3.75. The third kappa shape index (κ3) is 3.76. The molecule has 19 heavy (non-hydrogen) atoms. The summed E-state index contributed by atoms with van der Waals surface area (Å²) >= 11 is 3.33. The van der Waals surface area contributed by atoms with E-state index in [4.69, 9.17) is 4.74 Å². The number of carbonyl (C=O) groups is 1. The molecule has 0 spiro atoms. The van der Waals surface area contributed by atoms with Gasteiger partial charge >= 0.3 is 0 Å². The Morgan fingerprint density at radius 2 is 1.95 bits per heavy atom. The van der Waals surface area contributed by atoms with Crippen LogP contribution in [0.3, 0.4) is 0 Å².